The van der Waals surface area contributed by atoms with Crippen LogP contribution in [0.4, 0.5) is 5.69 Å². The van der Waals surface area contributed by atoms with Crippen LogP contribution in [0.25, 0.3) is 0 Å². The van der Waals surface area contributed by atoms with Gasteiger partial charge in [-0.1, -0.05) is 11.6 Å². The molecule has 1 heterocycles. The van der Waals surface area contributed by atoms with Crippen molar-refractivity contribution in [2.75, 3.05) is 30.3 Å². The number of amides is 1. The number of nitrogens with one attached hydrogen (secondary N) is 1. The summed E-state index contributed by atoms with van der Waals surface area (Å²) in [7, 11) is -3.57. The molecular formula is C16H23ClN2O5S. The smallest absolute Gasteiger partial charge is 0.263 e. The van der Waals surface area contributed by atoms with Gasteiger partial charge in [0.15, 0.2) is 6.10 Å². The average Bonchev–Trinajstić information content (AvgIpc) is 2.52. The SMILES string of the molecule is CC(C)OCCCNC(=O)[C@H]1CN(S(C)(=O)=O)c2cc(Cl)ccc2O1. The first kappa shape index (κ1) is 19.8. The molecule has 0 unspecified atom stereocenters. The summed E-state index contributed by atoms with van der Waals surface area (Å²) in [5.74, 6) is -0.0526. The van der Waals surface area contributed by atoms with Gasteiger partial charge in [0.05, 0.1) is 24.6 Å². The van der Waals surface area contributed by atoms with Crippen LogP contribution in [0.3, 0.4) is 0 Å². The summed E-state index contributed by atoms with van der Waals surface area (Å²) in [6.07, 6.45) is 0.971. The van der Waals surface area contributed by atoms with E-state index in [0.29, 0.717) is 36.0 Å². The number of carbonyl (C=O) groups excluding carboxylic acids is 1. The minimum absolute atomic E-state index is 0.0967. The number of carbonyl (C=O) groups is 1. The van der Waals surface area contributed by atoms with Crippen LogP contribution in [-0.4, -0.2) is 52.5 Å². The van der Waals surface area contributed by atoms with Crippen molar-refractivity contribution in [2.24, 2.45) is 0 Å². The molecule has 140 valence electrons. The van der Waals surface area contributed by atoms with Gasteiger partial charge in [0.2, 0.25) is 10.0 Å². The summed E-state index contributed by atoms with van der Waals surface area (Å²) in [6, 6.07) is 4.66. The van der Waals surface area contributed by atoms with Crippen LogP contribution in [0.2, 0.25) is 5.02 Å². The summed E-state index contributed by atoms with van der Waals surface area (Å²) in [6.45, 7) is 4.76. The lowest BCUT2D eigenvalue weighted by Gasteiger charge is -2.34. The lowest BCUT2D eigenvalue weighted by atomic mass is 10.2. The Balaban J connectivity index is 2.03. The van der Waals surface area contributed by atoms with E-state index in [0.717, 1.165) is 10.6 Å². The number of hydrogen-bond donors (Lipinski definition) is 1. The van der Waals surface area contributed by atoms with Crippen LogP contribution < -0.4 is 14.4 Å². The van der Waals surface area contributed by atoms with E-state index >= 15 is 0 Å². The number of nitrogens with zero attached hydrogens (tertiary/aromatic N) is 1. The summed E-state index contributed by atoms with van der Waals surface area (Å²) < 4.78 is 36.4. The number of hydrogen-bond acceptors (Lipinski definition) is 5. The third-order valence-electron chi connectivity index (χ3n) is 3.55. The molecule has 25 heavy (non-hydrogen) atoms. The van der Waals surface area contributed by atoms with Crippen molar-refractivity contribution in [3.05, 3.63) is 23.2 Å². The van der Waals surface area contributed by atoms with Crippen molar-refractivity contribution in [3.63, 3.8) is 0 Å². The molecule has 0 spiro atoms. The van der Waals surface area contributed by atoms with Crippen LogP contribution in [0.5, 0.6) is 5.75 Å². The van der Waals surface area contributed by atoms with Crippen molar-refractivity contribution in [2.45, 2.75) is 32.5 Å². The number of anilines is 1. The van der Waals surface area contributed by atoms with E-state index in [4.69, 9.17) is 21.1 Å². The molecule has 1 aliphatic rings. The molecule has 0 aromatic heterocycles. The predicted octanol–water partition coefficient (Wildman–Crippen LogP) is 1.80. The third kappa shape index (κ3) is 5.49. The zero-order valence-corrected chi connectivity index (χ0v) is 16.1. The number of ether oxygens (including phenoxy) is 2. The Kier molecular flexibility index (Phi) is 6.53. The van der Waals surface area contributed by atoms with Crippen LogP contribution in [0.1, 0.15) is 20.3 Å². The second-order valence-electron chi connectivity index (χ2n) is 6.08. The highest BCUT2D eigenvalue weighted by Gasteiger charge is 2.35. The number of fused-ring (bicyclic) bond motifs is 1. The molecule has 9 heteroatoms. The van der Waals surface area contributed by atoms with E-state index in [-0.39, 0.29) is 18.6 Å². The van der Waals surface area contributed by atoms with Crippen molar-refractivity contribution in [1.82, 2.24) is 5.32 Å². The molecule has 1 atom stereocenters. The van der Waals surface area contributed by atoms with Gasteiger partial charge in [-0.2, -0.15) is 0 Å². The summed E-state index contributed by atoms with van der Waals surface area (Å²) >= 11 is 5.94. The fourth-order valence-electron chi connectivity index (χ4n) is 2.39. The fraction of sp³-hybridized carbons (Fsp3) is 0.562. The molecule has 0 fully saturated rings. The van der Waals surface area contributed by atoms with E-state index < -0.39 is 16.1 Å². The van der Waals surface area contributed by atoms with Crippen LogP contribution >= 0.6 is 11.6 Å². The first-order chi connectivity index (χ1) is 11.7. The first-order valence-corrected chi connectivity index (χ1v) is 10.2. The molecular weight excluding hydrogens is 368 g/mol. The number of sulfonamides is 1. The largest absolute Gasteiger partial charge is 0.476 e. The Morgan fingerprint density at radius 2 is 2.20 bits per heavy atom. The molecule has 0 aliphatic carbocycles. The maximum atomic E-state index is 12.3. The molecule has 1 N–H and O–H groups in total. The highest BCUT2D eigenvalue weighted by atomic mass is 35.5. The van der Waals surface area contributed by atoms with Gasteiger partial charge in [-0.15, -0.1) is 0 Å². The topological polar surface area (TPSA) is 84.9 Å². The fourth-order valence-corrected chi connectivity index (χ4v) is 3.46. The Hall–Kier alpha value is -1.51. The van der Waals surface area contributed by atoms with Crippen molar-refractivity contribution < 1.29 is 22.7 Å². The maximum Gasteiger partial charge on any atom is 0.263 e. The monoisotopic (exact) mass is 390 g/mol. The lowest BCUT2D eigenvalue weighted by Crippen LogP contribution is -2.50. The second kappa shape index (κ2) is 8.25. The van der Waals surface area contributed by atoms with Crippen LogP contribution in [-0.2, 0) is 19.6 Å². The standard InChI is InChI=1S/C16H23ClN2O5S/c1-11(2)23-8-4-7-18-16(20)15-10-19(25(3,21)22)13-9-12(17)5-6-14(13)24-15/h5-6,9,11,15H,4,7-8,10H2,1-3H3,(H,18,20)/t15-/m1/s1. The first-order valence-electron chi connectivity index (χ1n) is 8.01. The molecule has 1 aliphatic heterocycles. The molecule has 1 aromatic rings. The van der Waals surface area contributed by atoms with Gasteiger partial charge in [0.25, 0.3) is 5.91 Å². The van der Waals surface area contributed by atoms with Gasteiger partial charge in [0, 0.05) is 18.2 Å². The normalized spacial score (nSPS) is 17.2. The third-order valence-corrected chi connectivity index (χ3v) is 4.94. The van der Waals surface area contributed by atoms with Crippen molar-refractivity contribution >= 4 is 33.2 Å². The summed E-state index contributed by atoms with van der Waals surface area (Å²) in [4.78, 5) is 12.3. The van der Waals surface area contributed by atoms with Crippen molar-refractivity contribution in [1.29, 1.82) is 0 Å². The predicted molar refractivity (Wildman–Crippen MR) is 96.8 cm³/mol. The quantitative estimate of drug-likeness (QED) is 0.717. The van der Waals surface area contributed by atoms with E-state index in [2.05, 4.69) is 5.32 Å². The van der Waals surface area contributed by atoms with Gasteiger partial charge < -0.3 is 14.8 Å². The van der Waals surface area contributed by atoms with Gasteiger partial charge in [-0.25, -0.2) is 8.42 Å². The Labute approximate surface area is 153 Å². The molecule has 0 saturated carbocycles. The summed E-state index contributed by atoms with van der Waals surface area (Å²) in [5, 5.41) is 3.14. The summed E-state index contributed by atoms with van der Waals surface area (Å²) in [5.41, 5.74) is 0.337. The maximum absolute atomic E-state index is 12.3. The van der Waals surface area contributed by atoms with E-state index in [1.54, 1.807) is 12.1 Å². The van der Waals surface area contributed by atoms with Gasteiger partial charge in [-0.3, -0.25) is 9.10 Å². The molecule has 2 rings (SSSR count). The van der Waals surface area contributed by atoms with Crippen LogP contribution in [0.15, 0.2) is 18.2 Å². The molecule has 0 radical (unpaired) electrons. The van der Waals surface area contributed by atoms with E-state index in [1.165, 1.54) is 6.07 Å². The molecule has 7 nitrogen and oxygen atoms in total. The average molecular weight is 391 g/mol. The molecule has 1 amide bonds. The lowest BCUT2D eigenvalue weighted by molar-refractivity contribution is -0.127. The zero-order valence-electron chi connectivity index (χ0n) is 14.5. The van der Waals surface area contributed by atoms with E-state index in [1.807, 2.05) is 13.8 Å². The Morgan fingerprint density at radius 3 is 2.84 bits per heavy atom. The van der Waals surface area contributed by atoms with Gasteiger partial charge >= 0.3 is 0 Å². The van der Waals surface area contributed by atoms with Crippen LogP contribution in [0, 0.1) is 0 Å². The van der Waals surface area contributed by atoms with Gasteiger partial charge in [-0.05, 0) is 38.5 Å². The number of halogens is 1. The number of rotatable bonds is 7. The minimum Gasteiger partial charge on any atom is -0.476 e. The Morgan fingerprint density at radius 1 is 1.48 bits per heavy atom. The van der Waals surface area contributed by atoms with E-state index in [9.17, 15) is 13.2 Å². The zero-order chi connectivity index (χ0) is 18.6. The second-order valence-corrected chi connectivity index (χ2v) is 8.42. The number of benzene rings is 1. The highest BCUT2D eigenvalue weighted by molar-refractivity contribution is 7.92. The minimum atomic E-state index is -3.57. The highest BCUT2D eigenvalue weighted by Crippen LogP contribution is 2.37. The Bertz CT molecular complexity index is 723. The molecule has 0 saturated heterocycles. The van der Waals surface area contributed by atoms with Gasteiger partial charge in [0.1, 0.15) is 5.75 Å². The molecule has 1 aromatic carbocycles. The molecule has 0 bridgehead atoms. The van der Waals surface area contributed by atoms with Crippen molar-refractivity contribution in [3.8, 4) is 5.75 Å².